The number of hydrogen-bond acceptors (Lipinski definition) is 3. The third kappa shape index (κ3) is 3.75. The van der Waals surface area contributed by atoms with Gasteiger partial charge in [-0.05, 0) is 31.2 Å². The molecule has 6 heteroatoms. The molecule has 0 aliphatic rings. The van der Waals surface area contributed by atoms with Crippen molar-refractivity contribution in [2.75, 3.05) is 7.11 Å². The molecule has 112 valence electrons. The fourth-order valence-electron chi connectivity index (χ4n) is 2.23. The van der Waals surface area contributed by atoms with Crippen molar-refractivity contribution in [1.82, 2.24) is 9.88 Å². The molecule has 1 amide bonds. The number of nitrogens with one attached hydrogen (secondary N) is 1. The molecule has 0 unspecified atom stereocenters. The van der Waals surface area contributed by atoms with Crippen molar-refractivity contribution >= 4 is 22.8 Å². The fraction of sp³-hybridized carbons (Fsp3) is 0.333. The Hall–Kier alpha value is -2.50. The zero-order chi connectivity index (χ0) is 15.4. The number of aliphatic carboxylic acids is 1. The fourth-order valence-corrected chi connectivity index (χ4v) is 2.23. The topological polar surface area (TPSA) is 80.6 Å². The van der Waals surface area contributed by atoms with E-state index in [9.17, 15) is 9.59 Å². The van der Waals surface area contributed by atoms with Gasteiger partial charge >= 0.3 is 5.97 Å². The summed E-state index contributed by atoms with van der Waals surface area (Å²) in [6.07, 6.45) is 1.74. The Morgan fingerprint density at radius 1 is 1.38 bits per heavy atom. The van der Waals surface area contributed by atoms with Crippen LogP contribution in [0.5, 0.6) is 5.75 Å². The number of benzene rings is 1. The highest BCUT2D eigenvalue weighted by Gasteiger charge is 2.12. The van der Waals surface area contributed by atoms with Crippen LogP contribution in [-0.4, -0.2) is 34.7 Å². The molecule has 0 bridgehead atoms. The predicted octanol–water partition coefficient (Wildman–Crippen LogP) is 1.63. The van der Waals surface area contributed by atoms with Gasteiger partial charge in [0, 0.05) is 23.1 Å². The van der Waals surface area contributed by atoms with Crippen LogP contribution in [0.3, 0.4) is 0 Å². The number of rotatable bonds is 6. The van der Waals surface area contributed by atoms with E-state index in [-0.39, 0.29) is 18.9 Å². The van der Waals surface area contributed by atoms with Gasteiger partial charge in [-0.1, -0.05) is 0 Å². The number of methoxy groups -OCH3 is 1. The minimum absolute atomic E-state index is 0.0879. The molecule has 0 aliphatic heterocycles. The number of carboxylic acids is 1. The third-order valence-corrected chi connectivity index (χ3v) is 3.18. The zero-order valence-electron chi connectivity index (χ0n) is 12.0. The highest BCUT2D eigenvalue weighted by Crippen LogP contribution is 2.21. The molecule has 6 nitrogen and oxygen atoms in total. The van der Waals surface area contributed by atoms with Crippen LogP contribution in [0.2, 0.25) is 0 Å². The highest BCUT2D eigenvalue weighted by atomic mass is 16.5. The molecule has 1 atom stereocenters. The number of aromatic nitrogens is 1. The maximum absolute atomic E-state index is 11.9. The molecule has 1 aromatic heterocycles. The summed E-state index contributed by atoms with van der Waals surface area (Å²) in [5.41, 5.74) is 0.928. The molecule has 0 radical (unpaired) electrons. The number of carbonyl (C=O) groups excluding carboxylic acids is 1. The van der Waals surface area contributed by atoms with Crippen molar-refractivity contribution in [2.45, 2.75) is 25.9 Å². The highest BCUT2D eigenvalue weighted by molar-refractivity contribution is 5.84. The van der Waals surface area contributed by atoms with Gasteiger partial charge in [-0.2, -0.15) is 0 Å². The summed E-state index contributed by atoms with van der Waals surface area (Å²) >= 11 is 0. The number of fused-ring (bicyclic) bond motifs is 1. The summed E-state index contributed by atoms with van der Waals surface area (Å²) in [6, 6.07) is 7.14. The van der Waals surface area contributed by atoms with Crippen LogP contribution < -0.4 is 10.1 Å². The Kier molecular flexibility index (Phi) is 4.47. The van der Waals surface area contributed by atoms with Crippen LogP contribution in [0, 0.1) is 0 Å². The van der Waals surface area contributed by atoms with Gasteiger partial charge in [0.15, 0.2) is 0 Å². The van der Waals surface area contributed by atoms with Crippen molar-refractivity contribution in [3.8, 4) is 5.75 Å². The maximum Gasteiger partial charge on any atom is 0.305 e. The molecule has 1 aromatic carbocycles. The first-order valence-corrected chi connectivity index (χ1v) is 6.63. The molecule has 2 aromatic rings. The molecule has 0 saturated carbocycles. The normalized spacial score (nSPS) is 12.1. The Bertz CT molecular complexity index is 663. The molecule has 0 saturated heterocycles. The monoisotopic (exact) mass is 290 g/mol. The molecular weight excluding hydrogens is 272 g/mol. The van der Waals surface area contributed by atoms with Crippen molar-refractivity contribution < 1.29 is 19.4 Å². The lowest BCUT2D eigenvalue weighted by atomic mass is 10.2. The number of amides is 1. The molecular formula is C15H18N2O4. The summed E-state index contributed by atoms with van der Waals surface area (Å²) in [5, 5.41) is 12.3. The molecule has 0 fully saturated rings. The smallest absolute Gasteiger partial charge is 0.305 e. The van der Waals surface area contributed by atoms with Gasteiger partial charge < -0.3 is 19.7 Å². The Balaban J connectivity index is 2.06. The van der Waals surface area contributed by atoms with E-state index in [2.05, 4.69) is 5.32 Å². The molecule has 0 aliphatic carbocycles. The van der Waals surface area contributed by atoms with Crippen molar-refractivity contribution in [1.29, 1.82) is 0 Å². The van der Waals surface area contributed by atoms with Gasteiger partial charge in [0.25, 0.3) is 0 Å². The van der Waals surface area contributed by atoms with E-state index in [1.165, 1.54) is 0 Å². The van der Waals surface area contributed by atoms with Gasteiger partial charge in [0.05, 0.1) is 13.5 Å². The van der Waals surface area contributed by atoms with E-state index in [0.29, 0.717) is 0 Å². The van der Waals surface area contributed by atoms with Gasteiger partial charge in [0.2, 0.25) is 5.91 Å². The lowest BCUT2D eigenvalue weighted by Gasteiger charge is -2.12. The lowest BCUT2D eigenvalue weighted by Crippen LogP contribution is -2.36. The van der Waals surface area contributed by atoms with Crippen molar-refractivity contribution in [3.63, 3.8) is 0 Å². The Morgan fingerprint density at radius 3 is 2.81 bits per heavy atom. The standard InChI is InChI=1S/C15H18N2O4/c1-10(7-15(19)20)16-14(18)9-17-6-5-11-8-12(21-2)3-4-13(11)17/h3-6,8,10H,7,9H2,1-2H3,(H,16,18)(H,19,20)/t10-/m1/s1. The third-order valence-electron chi connectivity index (χ3n) is 3.18. The van der Waals surface area contributed by atoms with E-state index in [1.807, 2.05) is 35.0 Å². The van der Waals surface area contributed by atoms with Gasteiger partial charge in [-0.15, -0.1) is 0 Å². The van der Waals surface area contributed by atoms with Gasteiger partial charge in [-0.25, -0.2) is 0 Å². The van der Waals surface area contributed by atoms with E-state index in [4.69, 9.17) is 9.84 Å². The van der Waals surface area contributed by atoms with Crippen LogP contribution in [-0.2, 0) is 16.1 Å². The van der Waals surface area contributed by atoms with Gasteiger partial charge in [-0.3, -0.25) is 9.59 Å². The second-order valence-corrected chi connectivity index (χ2v) is 4.93. The Labute approximate surface area is 122 Å². The predicted molar refractivity (Wildman–Crippen MR) is 78.3 cm³/mol. The van der Waals surface area contributed by atoms with Crippen LogP contribution >= 0.6 is 0 Å². The number of nitrogens with zero attached hydrogens (tertiary/aromatic N) is 1. The van der Waals surface area contributed by atoms with E-state index < -0.39 is 12.0 Å². The van der Waals surface area contributed by atoms with Crippen LogP contribution in [0.1, 0.15) is 13.3 Å². The molecule has 2 rings (SSSR count). The zero-order valence-corrected chi connectivity index (χ0v) is 12.0. The summed E-state index contributed by atoms with van der Waals surface area (Å²) < 4.78 is 6.98. The minimum Gasteiger partial charge on any atom is -0.497 e. The summed E-state index contributed by atoms with van der Waals surface area (Å²) in [6.45, 7) is 1.82. The number of carbonyl (C=O) groups is 2. The maximum atomic E-state index is 11.9. The number of carboxylic acid groups (broad SMARTS) is 1. The lowest BCUT2D eigenvalue weighted by molar-refractivity contribution is -0.137. The van der Waals surface area contributed by atoms with Crippen LogP contribution in [0.25, 0.3) is 10.9 Å². The van der Waals surface area contributed by atoms with Crippen molar-refractivity contribution in [2.24, 2.45) is 0 Å². The van der Waals surface area contributed by atoms with Crippen LogP contribution in [0.4, 0.5) is 0 Å². The summed E-state index contributed by atoms with van der Waals surface area (Å²) in [5.74, 6) is -0.377. The first kappa shape index (κ1) is 14.9. The largest absolute Gasteiger partial charge is 0.497 e. The van der Waals surface area contributed by atoms with Gasteiger partial charge in [0.1, 0.15) is 12.3 Å². The molecule has 0 spiro atoms. The second kappa shape index (κ2) is 6.30. The molecule has 2 N–H and O–H groups in total. The average Bonchev–Trinajstić information content (AvgIpc) is 2.79. The summed E-state index contributed by atoms with van der Waals surface area (Å²) in [4.78, 5) is 22.5. The van der Waals surface area contributed by atoms with E-state index in [0.717, 1.165) is 16.7 Å². The van der Waals surface area contributed by atoms with E-state index in [1.54, 1.807) is 14.0 Å². The van der Waals surface area contributed by atoms with E-state index >= 15 is 0 Å². The quantitative estimate of drug-likeness (QED) is 0.847. The minimum atomic E-state index is -0.929. The average molecular weight is 290 g/mol. The van der Waals surface area contributed by atoms with Crippen molar-refractivity contribution in [3.05, 3.63) is 30.5 Å². The second-order valence-electron chi connectivity index (χ2n) is 4.93. The Morgan fingerprint density at radius 2 is 2.14 bits per heavy atom. The number of ether oxygens (including phenoxy) is 1. The van der Waals surface area contributed by atoms with Crippen LogP contribution in [0.15, 0.2) is 30.5 Å². The SMILES string of the molecule is COc1ccc2c(ccn2CC(=O)N[C@H](C)CC(=O)O)c1. The molecule has 21 heavy (non-hydrogen) atoms. The first-order chi connectivity index (χ1) is 9.99. The number of hydrogen-bond donors (Lipinski definition) is 2. The summed E-state index contributed by atoms with van der Waals surface area (Å²) in [7, 11) is 1.61. The molecule has 1 heterocycles. The first-order valence-electron chi connectivity index (χ1n) is 6.63.